The summed E-state index contributed by atoms with van der Waals surface area (Å²) in [5.41, 5.74) is 5.06. The summed E-state index contributed by atoms with van der Waals surface area (Å²) in [5, 5.41) is 3.30. The second kappa shape index (κ2) is 7.58. The minimum atomic E-state index is 0.00438. The van der Waals surface area contributed by atoms with E-state index >= 15 is 0 Å². The lowest BCUT2D eigenvalue weighted by Crippen LogP contribution is -2.28. The highest BCUT2D eigenvalue weighted by atomic mass is 16.2. The van der Waals surface area contributed by atoms with E-state index in [-0.39, 0.29) is 5.91 Å². The van der Waals surface area contributed by atoms with Crippen molar-refractivity contribution in [2.45, 2.75) is 19.8 Å². The first-order chi connectivity index (χ1) is 13.2. The predicted octanol–water partition coefficient (Wildman–Crippen LogP) is 3.64. The molecule has 0 atom stereocenters. The minimum absolute atomic E-state index is 0.00438. The SMILES string of the molecule is Cc1ccc(CCNc2ccc(C(=O)N3CCc4ccccc43)cn2)cn1. The Morgan fingerprint density at radius 1 is 1.07 bits per heavy atom. The van der Waals surface area contributed by atoms with Crippen LogP contribution in [0.5, 0.6) is 0 Å². The van der Waals surface area contributed by atoms with E-state index in [0.717, 1.165) is 43.1 Å². The highest BCUT2D eigenvalue weighted by Gasteiger charge is 2.25. The number of amides is 1. The number of anilines is 2. The van der Waals surface area contributed by atoms with Crippen LogP contribution < -0.4 is 10.2 Å². The molecule has 0 saturated heterocycles. The van der Waals surface area contributed by atoms with E-state index in [9.17, 15) is 4.79 Å². The number of fused-ring (bicyclic) bond motifs is 1. The van der Waals surface area contributed by atoms with Crippen molar-refractivity contribution < 1.29 is 4.79 Å². The monoisotopic (exact) mass is 358 g/mol. The van der Waals surface area contributed by atoms with Crippen LogP contribution in [0.4, 0.5) is 11.5 Å². The number of hydrogen-bond acceptors (Lipinski definition) is 4. The fraction of sp³-hybridized carbons (Fsp3) is 0.227. The molecular formula is C22H22N4O. The number of aromatic nitrogens is 2. The van der Waals surface area contributed by atoms with Gasteiger partial charge in [-0.15, -0.1) is 0 Å². The molecule has 5 nitrogen and oxygen atoms in total. The van der Waals surface area contributed by atoms with Crippen LogP contribution >= 0.6 is 0 Å². The van der Waals surface area contributed by atoms with Gasteiger partial charge in [-0.1, -0.05) is 24.3 Å². The van der Waals surface area contributed by atoms with Crippen molar-refractivity contribution in [3.63, 3.8) is 0 Å². The number of nitrogens with zero attached hydrogens (tertiary/aromatic N) is 3. The lowest BCUT2D eigenvalue weighted by atomic mass is 10.2. The van der Waals surface area contributed by atoms with Crippen molar-refractivity contribution in [1.29, 1.82) is 0 Å². The Morgan fingerprint density at radius 3 is 2.74 bits per heavy atom. The molecule has 27 heavy (non-hydrogen) atoms. The van der Waals surface area contributed by atoms with Gasteiger partial charge >= 0.3 is 0 Å². The smallest absolute Gasteiger partial charge is 0.259 e. The third-order valence-electron chi connectivity index (χ3n) is 4.84. The van der Waals surface area contributed by atoms with Gasteiger partial charge in [0.2, 0.25) is 0 Å². The highest BCUT2D eigenvalue weighted by Crippen LogP contribution is 2.28. The van der Waals surface area contributed by atoms with Crippen molar-refractivity contribution in [1.82, 2.24) is 9.97 Å². The van der Waals surface area contributed by atoms with E-state index in [1.54, 1.807) is 6.20 Å². The molecule has 0 bridgehead atoms. The Hall–Kier alpha value is -3.21. The Morgan fingerprint density at radius 2 is 1.96 bits per heavy atom. The first-order valence-electron chi connectivity index (χ1n) is 9.22. The zero-order valence-corrected chi connectivity index (χ0v) is 15.4. The maximum atomic E-state index is 12.8. The summed E-state index contributed by atoms with van der Waals surface area (Å²) in [4.78, 5) is 23.3. The first kappa shape index (κ1) is 17.2. The lowest BCUT2D eigenvalue weighted by Gasteiger charge is -2.17. The van der Waals surface area contributed by atoms with E-state index in [2.05, 4.69) is 27.4 Å². The zero-order chi connectivity index (χ0) is 18.6. The molecule has 1 amide bonds. The average molecular weight is 358 g/mol. The number of hydrogen-bond donors (Lipinski definition) is 1. The lowest BCUT2D eigenvalue weighted by molar-refractivity contribution is 0.0989. The van der Waals surface area contributed by atoms with Crippen LogP contribution in [0.2, 0.25) is 0 Å². The zero-order valence-electron chi connectivity index (χ0n) is 15.4. The molecule has 136 valence electrons. The fourth-order valence-electron chi connectivity index (χ4n) is 3.31. The normalized spacial score (nSPS) is 12.7. The number of benzene rings is 1. The molecule has 0 aliphatic carbocycles. The summed E-state index contributed by atoms with van der Waals surface area (Å²) in [6.07, 6.45) is 5.34. The fourth-order valence-corrected chi connectivity index (χ4v) is 3.31. The Balaban J connectivity index is 1.36. The molecule has 1 aliphatic heterocycles. The molecule has 0 saturated carbocycles. The van der Waals surface area contributed by atoms with Crippen LogP contribution in [0.15, 0.2) is 60.9 Å². The number of carbonyl (C=O) groups is 1. The maximum absolute atomic E-state index is 12.8. The van der Waals surface area contributed by atoms with Crippen molar-refractivity contribution in [3.8, 4) is 0 Å². The number of nitrogens with one attached hydrogen (secondary N) is 1. The number of para-hydroxylation sites is 1. The molecule has 0 radical (unpaired) electrons. The second-order valence-corrected chi connectivity index (χ2v) is 6.75. The number of carbonyl (C=O) groups excluding carboxylic acids is 1. The van der Waals surface area contributed by atoms with Gasteiger partial charge in [-0.05, 0) is 55.2 Å². The van der Waals surface area contributed by atoms with Gasteiger partial charge in [-0.3, -0.25) is 9.78 Å². The summed E-state index contributed by atoms with van der Waals surface area (Å²) < 4.78 is 0. The number of pyridine rings is 2. The summed E-state index contributed by atoms with van der Waals surface area (Å²) in [6, 6.07) is 15.9. The van der Waals surface area contributed by atoms with E-state index in [4.69, 9.17) is 0 Å². The third-order valence-corrected chi connectivity index (χ3v) is 4.84. The predicted molar refractivity (Wildman–Crippen MR) is 107 cm³/mol. The molecule has 0 fully saturated rings. The summed E-state index contributed by atoms with van der Waals surface area (Å²) in [6.45, 7) is 3.48. The van der Waals surface area contributed by atoms with Gasteiger partial charge in [-0.25, -0.2) is 4.98 Å². The highest BCUT2D eigenvalue weighted by molar-refractivity contribution is 6.07. The molecule has 5 heteroatoms. The van der Waals surface area contributed by atoms with Crippen molar-refractivity contribution >= 4 is 17.4 Å². The van der Waals surface area contributed by atoms with Gasteiger partial charge in [0.15, 0.2) is 0 Å². The van der Waals surface area contributed by atoms with Crippen LogP contribution in [0, 0.1) is 6.92 Å². The van der Waals surface area contributed by atoms with E-state index in [0.29, 0.717) is 5.56 Å². The van der Waals surface area contributed by atoms with E-state index < -0.39 is 0 Å². The van der Waals surface area contributed by atoms with E-state index in [1.807, 2.05) is 54.4 Å². The van der Waals surface area contributed by atoms with Crippen molar-refractivity contribution in [2.24, 2.45) is 0 Å². The quantitative estimate of drug-likeness (QED) is 0.756. The molecule has 3 aromatic rings. The Bertz CT molecular complexity index is 935. The van der Waals surface area contributed by atoms with Crippen LogP contribution in [0.1, 0.15) is 27.2 Å². The van der Waals surface area contributed by atoms with Crippen LogP contribution in [0.25, 0.3) is 0 Å². The number of aryl methyl sites for hydroxylation is 1. The van der Waals surface area contributed by atoms with E-state index in [1.165, 1.54) is 11.1 Å². The van der Waals surface area contributed by atoms with Crippen LogP contribution in [0.3, 0.4) is 0 Å². The van der Waals surface area contributed by atoms with Gasteiger partial charge in [0.1, 0.15) is 5.82 Å². The molecule has 1 aliphatic rings. The topological polar surface area (TPSA) is 58.1 Å². The molecule has 1 aromatic carbocycles. The number of rotatable bonds is 5. The molecule has 4 rings (SSSR count). The molecule has 1 N–H and O–H groups in total. The van der Waals surface area contributed by atoms with Gasteiger partial charge in [-0.2, -0.15) is 0 Å². The minimum Gasteiger partial charge on any atom is -0.370 e. The summed E-state index contributed by atoms with van der Waals surface area (Å²) in [5.74, 6) is 0.776. The summed E-state index contributed by atoms with van der Waals surface area (Å²) >= 11 is 0. The van der Waals surface area contributed by atoms with Crippen LogP contribution in [-0.2, 0) is 12.8 Å². The maximum Gasteiger partial charge on any atom is 0.259 e. The van der Waals surface area contributed by atoms with Gasteiger partial charge in [0.25, 0.3) is 5.91 Å². The molecule has 3 heterocycles. The van der Waals surface area contributed by atoms with Crippen molar-refractivity contribution in [2.75, 3.05) is 23.3 Å². The second-order valence-electron chi connectivity index (χ2n) is 6.75. The van der Waals surface area contributed by atoms with Gasteiger partial charge in [0, 0.05) is 36.9 Å². The first-order valence-corrected chi connectivity index (χ1v) is 9.22. The van der Waals surface area contributed by atoms with Crippen molar-refractivity contribution in [3.05, 3.63) is 83.3 Å². The van der Waals surface area contributed by atoms with Crippen LogP contribution in [-0.4, -0.2) is 29.0 Å². The van der Waals surface area contributed by atoms with Gasteiger partial charge < -0.3 is 10.2 Å². The molecular weight excluding hydrogens is 336 g/mol. The van der Waals surface area contributed by atoms with Gasteiger partial charge in [0.05, 0.1) is 5.56 Å². The Labute approximate surface area is 159 Å². The molecule has 0 unspecified atom stereocenters. The third kappa shape index (κ3) is 3.82. The summed E-state index contributed by atoms with van der Waals surface area (Å²) in [7, 11) is 0. The standard InChI is InChI=1S/C22H22N4O/c1-16-6-7-17(14-24-16)10-12-23-21-9-8-19(15-25-21)22(27)26-13-11-18-4-2-3-5-20(18)26/h2-9,14-15H,10-13H2,1H3,(H,23,25). The largest absolute Gasteiger partial charge is 0.370 e. The molecule has 2 aromatic heterocycles. The Kier molecular flexibility index (Phi) is 4.83. The average Bonchev–Trinajstić information content (AvgIpc) is 3.14. The molecule has 0 spiro atoms.